The number of nitrogens with two attached hydrogens (primary N) is 2. The summed E-state index contributed by atoms with van der Waals surface area (Å²) in [6.07, 6.45) is 0. The van der Waals surface area contributed by atoms with Gasteiger partial charge in [0, 0.05) is 5.56 Å². The van der Waals surface area contributed by atoms with Crippen LogP contribution in [0, 0.1) is 6.92 Å². The molecule has 0 amide bonds. The van der Waals surface area contributed by atoms with Gasteiger partial charge in [-0.25, -0.2) is 4.98 Å². The summed E-state index contributed by atoms with van der Waals surface area (Å²) >= 11 is 3.09. The van der Waals surface area contributed by atoms with Crippen molar-refractivity contribution in [3.63, 3.8) is 0 Å². The molecule has 0 unspecified atom stereocenters. The zero-order valence-corrected chi connectivity index (χ0v) is 19.2. The maximum atomic E-state index is 5.77. The van der Waals surface area contributed by atoms with Gasteiger partial charge in [-0.05, 0) is 49.4 Å². The van der Waals surface area contributed by atoms with Crippen molar-refractivity contribution >= 4 is 38.6 Å². The number of nitrogen functional groups attached to an aromatic ring is 1. The molecule has 0 fully saturated rings. The molecule has 0 atom stereocenters. The number of H-pyrrole nitrogens is 1. The number of anilines is 1. The van der Waals surface area contributed by atoms with E-state index in [1.807, 2.05) is 43.5 Å². The number of hydrogen-bond donors (Lipinski definition) is 2. The molecule has 1 aromatic carbocycles. The van der Waals surface area contributed by atoms with E-state index in [0.717, 1.165) is 38.4 Å². The molecule has 0 aliphatic carbocycles. The smallest absolute Gasteiger partial charge is 0.451 e. The van der Waals surface area contributed by atoms with Crippen LogP contribution >= 0.6 is 22.7 Å². The second-order valence-electron chi connectivity index (χ2n) is 5.18. The normalized spacial score (nSPS) is 10.8. The van der Waals surface area contributed by atoms with Crippen LogP contribution in [0.5, 0.6) is 5.75 Å². The lowest BCUT2D eigenvalue weighted by Gasteiger charge is -2.01. The van der Waals surface area contributed by atoms with Gasteiger partial charge in [-0.3, -0.25) is 0 Å². The van der Waals surface area contributed by atoms with Crippen LogP contribution in [-0.2, 0) is 0 Å². The van der Waals surface area contributed by atoms with E-state index in [2.05, 4.69) is 20.4 Å². The number of thiazole rings is 2. The van der Waals surface area contributed by atoms with Crippen LogP contribution in [0.25, 0.3) is 10.6 Å². The molecule has 0 spiro atoms. The van der Waals surface area contributed by atoms with Crippen molar-refractivity contribution in [1.82, 2.24) is 4.98 Å². The quantitative estimate of drug-likeness (QED) is 0.205. The number of aromatic nitrogens is 2. The maximum absolute atomic E-state index is 5.77. The van der Waals surface area contributed by atoms with Crippen LogP contribution in [0.15, 0.2) is 34.7 Å². The van der Waals surface area contributed by atoms with Crippen LogP contribution in [-0.4, -0.2) is 17.8 Å². The SMILES string of the molecule is COc1ccc(C(C)=N[NH2+]c2[nH+]c(-c3sc(N)nc3C)cs2)cc1.[Br-].[Br-]. The molecule has 2 heterocycles. The minimum absolute atomic E-state index is 0. The third kappa shape index (κ3) is 5.34. The van der Waals surface area contributed by atoms with Crippen LogP contribution in [0.2, 0.25) is 0 Å². The Morgan fingerprint density at radius 2 is 1.96 bits per heavy atom. The van der Waals surface area contributed by atoms with Gasteiger partial charge in [0.2, 0.25) is 5.69 Å². The molecule has 10 heteroatoms. The molecule has 26 heavy (non-hydrogen) atoms. The number of halogens is 2. The summed E-state index contributed by atoms with van der Waals surface area (Å²) in [5.74, 6) is 0.839. The number of methoxy groups -OCH3 is 1. The lowest BCUT2D eigenvalue weighted by Crippen LogP contribution is -3.00. The van der Waals surface area contributed by atoms with Gasteiger partial charge in [0.1, 0.15) is 16.3 Å². The Labute approximate surface area is 181 Å². The number of nitrogens with zero attached hydrogens (tertiary/aromatic N) is 2. The second-order valence-corrected chi connectivity index (χ2v) is 7.12. The van der Waals surface area contributed by atoms with E-state index < -0.39 is 0 Å². The van der Waals surface area contributed by atoms with Crippen molar-refractivity contribution in [2.24, 2.45) is 5.10 Å². The highest BCUT2D eigenvalue weighted by molar-refractivity contribution is 7.19. The first-order chi connectivity index (χ1) is 11.6. The van der Waals surface area contributed by atoms with Gasteiger partial charge in [0.15, 0.2) is 5.13 Å². The van der Waals surface area contributed by atoms with E-state index in [1.54, 1.807) is 18.4 Å². The third-order valence-electron chi connectivity index (χ3n) is 3.50. The molecular weight excluding hydrogens is 502 g/mol. The molecule has 5 N–H and O–H groups in total. The maximum Gasteiger partial charge on any atom is 0.451 e. The molecule has 6 nitrogen and oxygen atoms in total. The number of aryl methyl sites for hydroxylation is 1. The van der Waals surface area contributed by atoms with E-state index in [9.17, 15) is 0 Å². The Kier molecular flexibility index (Phi) is 8.84. The second kappa shape index (κ2) is 10.1. The highest BCUT2D eigenvalue weighted by Gasteiger charge is 2.19. The molecule has 140 valence electrons. The topological polar surface area (TPSA) is 91.2 Å². The van der Waals surface area contributed by atoms with Crippen molar-refractivity contribution in [2.45, 2.75) is 13.8 Å². The average molecular weight is 521 g/mol. The number of benzene rings is 1. The van der Waals surface area contributed by atoms with Gasteiger partial charge in [-0.15, -0.1) is 10.4 Å². The first kappa shape index (κ1) is 22.7. The summed E-state index contributed by atoms with van der Waals surface area (Å²) in [5.41, 5.74) is 11.6. The zero-order valence-electron chi connectivity index (χ0n) is 14.4. The summed E-state index contributed by atoms with van der Waals surface area (Å²) in [5, 5.41) is 8.17. The minimum atomic E-state index is 0. The highest BCUT2D eigenvalue weighted by atomic mass is 79.9. The third-order valence-corrected chi connectivity index (χ3v) is 5.34. The molecule has 0 saturated heterocycles. The van der Waals surface area contributed by atoms with Gasteiger partial charge in [-0.2, -0.15) is 0 Å². The van der Waals surface area contributed by atoms with Gasteiger partial charge < -0.3 is 44.4 Å². The van der Waals surface area contributed by atoms with Crippen LogP contribution < -0.4 is 54.8 Å². The molecular formula is C16H19Br2N5OS2. The fourth-order valence-electron chi connectivity index (χ4n) is 2.22. The molecule has 3 rings (SSSR count). The monoisotopic (exact) mass is 519 g/mol. The average Bonchev–Trinajstić information content (AvgIpc) is 3.18. The number of ether oxygens (including phenoxy) is 1. The van der Waals surface area contributed by atoms with Crippen molar-refractivity contribution in [3.8, 4) is 16.3 Å². The molecule has 3 aromatic rings. The summed E-state index contributed by atoms with van der Waals surface area (Å²) in [4.78, 5) is 8.69. The molecule has 0 aliphatic heterocycles. The van der Waals surface area contributed by atoms with Gasteiger partial charge in [0.05, 0.1) is 18.2 Å². The highest BCUT2D eigenvalue weighted by Crippen LogP contribution is 2.30. The first-order valence-corrected chi connectivity index (χ1v) is 9.02. The first-order valence-electron chi connectivity index (χ1n) is 7.33. The molecule has 2 aromatic heterocycles. The fourth-order valence-corrected chi connectivity index (χ4v) is 3.80. The number of aromatic amines is 1. The van der Waals surface area contributed by atoms with Crippen molar-refractivity contribution in [1.29, 1.82) is 0 Å². The number of hydrogen-bond acceptors (Lipinski definition) is 6. The Hall–Kier alpha value is -1.33. The zero-order chi connectivity index (χ0) is 17.1. The Morgan fingerprint density at radius 1 is 1.27 bits per heavy atom. The Balaban J connectivity index is 0.00000169. The van der Waals surface area contributed by atoms with Crippen LogP contribution in [0.4, 0.5) is 10.3 Å². The van der Waals surface area contributed by atoms with E-state index in [1.165, 1.54) is 11.3 Å². The summed E-state index contributed by atoms with van der Waals surface area (Å²) in [7, 11) is 1.66. The Morgan fingerprint density at radius 3 is 2.54 bits per heavy atom. The van der Waals surface area contributed by atoms with Crippen molar-refractivity contribution in [2.75, 3.05) is 12.8 Å². The van der Waals surface area contributed by atoms with E-state index in [-0.39, 0.29) is 34.0 Å². The molecule has 0 saturated carbocycles. The molecule has 0 bridgehead atoms. The van der Waals surface area contributed by atoms with Gasteiger partial charge in [-0.1, -0.05) is 16.4 Å². The van der Waals surface area contributed by atoms with Crippen LogP contribution in [0.1, 0.15) is 18.2 Å². The number of rotatable bonds is 5. The summed E-state index contributed by atoms with van der Waals surface area (Å²) < 4.78 is 5.17. The fraction of sp³-hybridized carbons (Fsp3) is 0.188. The van der Waals surface area contributed by atoms with Crippen molar-refractivity contribution < 1.29 is 49.1 Å². The van der Waals surface area contributed by atoms with Gasteiger partial charge >= 0.3 is 5.13 Å². The molecule has 0 radical (unpaired) electrons. The largest absolute Gasteiger partial charge is 1.00 e. The Bertz CT molecular complexity index is 877. The number of nitrogens with one attached hydrogen (secondary N) is 1. The number of quaternary nitrogens is 1. The predicted molar refractivity (Wildman–Crippen MR) is 97.9 cm³/mol. The lowest BCUT2D eigenvalue weighted by atomic mass is 10.1. The van der Waals surface area contributed by atoms with Gasteiger partial charge in [0.25, 0.3) is 0 Å². The van der Waals surface area contributed by atoms with E-state index in [0.29, 0.717) is 5.13 Å². The van der Waals surface area contributed by atoms with Crippen molar-refractivity contribution in [3.05, 3.63) is 40.9 Å². The lowest BCUT2D eigenvalue weighted by molar-refractivity contribution is -0.643. The van der Waals surface area contributed by atoms with E-state index >= 15 is 0 Å². The summed E-state index contributed by atoms with van der Waals surface area (Å²) in [6.45, 7) is 3.95. The standard InChI is InChI=1S/C16H17N5OS2.2BrH/c1-9(11-4-6-12(22-3)7-5-11)20-21-16-19-13(8-23-16)14-10(2)18-15(17)24-14;;/h4-8H,1-3H3,(H2,17,18)(H,19,21);2*1H. The molecule has 0 aliphatic rings. The van der Waals surface area contributed by atoms with Crippen LogP contribution in [0.3, 0.4) is 0 Å². The van der Waals surface area contributed by atoms with E-state index in [4.69, 9.17) is 10.5 Å². The minimum Gasteiger partial charge on any atom is -1.00 e. The summed E-state index contributed by atoms with van der Waals surface area (Å²) in [6, 6.07) is 7.86. The predicted octanol–water partition coefficient (Wildman–Crippen LogP) is -3.79.